The smallest absolute Gasteiger partial charge is 0.191 e. The van der Waals surface area contributed by atoms with Crippen molar-refractivity contribution in [3.05, 3.63) is 52.2 Å². The molecule has 1 saturated carbocycles. The molecule has 7 heteroatoms. The molecule has 154 valence electrons. The molecule has 1 aliphatic rings. The second-order valence-electron chi connectivity index (χ2n) is 7.16. The topological polar surface area (TPSA) is 48.9 Å². The van der Waals surface area contributed by atoms with E-state index in [0.29, 0.717) is 12.6 Å². The zero-order valence-electron chi connectivity index (χ0n) is 16.9. The van der Waals surface area contributed by atoms with Crippen molar-refractivity contribution in [2.24, 2.45) is 10.9 Å². The van der Waals surface area contributed by atoms with E-state index in [1.54, 1.807) is 18.4 Å². The van der Waals surface area contributed by atoms with Gasteiger partial charge in [0.1, 0.15) is 5.75 Å². The third kappa shape index (κ3) is 6.93. The fraction of sp³-hybridized carbons (Fsp3) is 0.476. The van der Waals surface area contributed by atoms with Gasteiger partial charge >= 0.3 is 0 Å². The highest BCUT2D eigenvalue weighted by Crippen LogP contribution is 2.30. The maximum atomic E-state index is 6.00. The Morgan fingerprint density at radius 1 is 1.21 bits per heavy atom. The third-order valence-electron chi connectivity index (χ3n) is 4.77. The van der Waals surface area contributed by atoms with Gasteiger partial charge in [-0.15, -0.1) is 35.3 Å². The number of hydrogen-bond acceptors (Lipinski definition) is 4. The van der Waals surface area contributed by atoms with Gasteiger partial charge in [0.2, 0.25) is 0 Å². The normalized spacial score (nSPS) is 15.1. The number of benzene rings is 1. The molecule has 0 bridgehead atoms. The number of nitrogens with one attached hydrogen (secondary N) is 2. The van der Waals surface area contributed by atoms with E-state index in [4.69, 9.17) is 4.74 Å². The predicted molar refractivity (Wildman–Crippen MR) is 129 cm³/mol. The van der Waals surface area contributed by atoms with Gasteiger partial charge in [-0.3, -0.25) is 4.99 Å². The van der Waals surface area contributed by atoms with Gasteiger partial charge in [0, 0.05) is 30.6 Å². The van der Waals surface area contributed by atoms with Crippen molar-refractivity contribution < 1.29 is 4.74 Å². The van der Waals surface area contributed by atoms with Crippen molar-refractivity contribution in [2.45, 2.75) is 25.4 Å². The summed E-state index contributed by atoms with van der Waals surface area (Å²) in [6.07, 6.45) is 2.60. The van der Waals surface area contributed by atoms with Crippen molar-refractivity contribution in [2.75, 3.05) is 34.3 Å². The highest BCUT2D eigenvalue weighted by Gasteiger charge is 2.22. The van der Waals surface area contributed by atoms with Crippen LogP contribution in [0.5, 0.6) is 5.75 Å². The van der Waals surface area contributed by atoms with Gasteiger partial charge in [0.05, 0.1) is 12.6 Å². The largest absolute Gasteiger partial charge is 0.493 e. The maximum Gasteiger partial charge on any atom is 0.191 e. The maximum absolute atomic E-state index is 6.00. The molecule has 1 heterocycles. The van der Waals surface area contributed by atoms with E-state index in [1.807, 2.05) is 6.07 Å². The average molecular weight is 514 g/mol. The zero-order valence-corrected chi connectivity index (χ0v) is 20.0. The van der Waals surface area contributed by atoms with Gasteiger partial charge in [0.15, 0.2) is 5.96 Å². The second kappa shape index (κ2) is 11.6. The molecular formula is C21H31IN4OS. The van der Waals surface area contributed by atoms with Gasteiger partial charge in [-0.1, -0.05) is 24.3 Å². The lowest BCUT2D eigenvalue weighted by atomic mass is 10.2. The van der Waals surface area contributed by atoms with Gasteiger partial charge in [-0.25, -0.2) is 0 Å². The summed E-state index contributed by atoms with van der Waals surface area (Å²) in [5, 5.41) is 8.99. The van der Waals surface area contributed by atoms with Crippen LogP contribution in [0.3, 0.4) is 0 Å². The molecule has 1 unspecified atom stereocenters. The van der Waals surface area contributed by atoms with E-state index < -0.39 is 0 Å². The van der Waals surface area contributed by atoms with E-state index in [1.165, 1.54) is 17.7 Å². The van der Waals surface area contributed by atoms with Crippen molar-refractivity contribution >= 4 is 41.3 Å². The molecule has 2 aromatic rings. The number of hydrogen-bond donors (Lipinski definition) is 2. The number of halogens is 1. The first kappa shape index (κ1) is 23.0. The zero-order chi connectivity index (χ0) is 19.1. The molecule has 1 fully saturated rings. The van der Waals surface area contributed by atoms with E-state index >= 15 is 0 Å². The van der Waals surface area contributed by atoms with Gasteiger partial charge in [-0.05, 0) is 50.4 Å². The molecule has 2 N–H and O–H groups in total. The lowest BCUT2D eigenvalue weighted by Gasteiger charge is -2.24. The van der Waals surface area contributed by atoms with Gasteiger partial charge < -0.3 is 20.3 Å². The van der Waals surface area contributed by atoms with Crippen molar-refractivity contribution in [3.63, 3.8) is 0 Å². The summed E-state index contributed by atoms with van der Waals surface area (Å²) in [7, 11) is 6.02. The molecule has 0 saturated heterocycles. The number of aliphatic imine (C=N–C) groups is 1. The van der Waals surface area contributed by atoms with Gasteiger partial charge in [-0.2, -0.15) is 0 Å². The first-order valence-electron chi connectivity index (χ1n) is 9.52. The summed E-state index contributed by atoms with van der Waals surface area (Å²) in [5.41, 5.74) is 1.16. The molecule has 5 nitrogen and oxygen atoms in total. The van der Waals surface area contributed by atoms with Crippen LogP contribution in [0.4, 0.5) is 0 Å². The summed E-state index contributed by atoms with van der Waals surface area (Å²) < 4.78 is 6.00. The van der Waals surface area contributed by atoms with Crippen molar-refractivity contribution in [3.8, 4) is 5.75 Å². The van der Waals surface area contributed by atoms with E-state index in [2.05, 4.69) is 70.3 Å². The van der Waals surface area contributed by atoms with Crippen molar-refractivity contribution in [1.82, 2.24) is 15.5 Å². The quantitative estimate of drug-likeness (QED) is 0.300. The van der Waals surface area contributed by atoms with Crippen LogP contribution in [0.15, 0.2) is 46.8 Å². The number of nitrogens with zero attached hydrogens (tertiary/aromatic N) is 2. The second-order valence-corrected chi connectivity index (χ2v) is 8.14. The molecule has 1 atom stereocenters. The van der Waals surface area contributed by atoms with Crippen LogP contribution < -0.4 is 15.4 Å². The number of guanidine groups is 1. The Morgan fingerprint density at radius 2 is 2.00 bits per heavy atom. The Balaban J connectivity index is 0.00000280. The first-order chi connectivity index (χ1) is 13.2. The van der Waals surface area contributed by atoms with Crippen LogP contribution in [-0.2, 0) is 6.54 Å². The standard InChI is InChI=1S/C21H30N4OS.HI/c1-22-21(24-14-18(25(2)3)20-9-6-12-27-20)23-13-17-7-4-5-8-19(17)26-15-16-10-11-16;/h4-9,12,16,18H,10-11,13-15H2,1-3H3,(H2,22,23,24);1H. The number of rotatable bonds is 9. The molecule has 28 heavy (non-hydrogen) atoms. The van der Waals surface area contributed by atoms with Crippen molar-refractivity contribution in [1.29, 1.82) is 0 Å². The number of para-hydroxylation sites is 1. The highest BCUT2D eigenvalue weighted by molar-refractivity contribution is 14.0. The lowest BCUT2D eigenvalue weighted by molar-refractivity contribution is 0.296. The first-order valence-corrected chi connectivity index (χ1v) is 10.4. The minimum Gasteiger partial charge on any atom is -0.493 e. The fourth-order valence-corrected chi connectivity index (χ4v) is 3.82. The Labute approximate surface area is 189 Å². The molecule has 1 aromatic carbocycles. The Bertz CT molecular complexity index is 732. The molecule has 1 aliphatic carbocycles. The summed E-state index contributed by atoms with van der Waals surface area (Å²) in [6.45, 7) is 2.31. The third-order valence-corrected chi connectivity index (χ3v) is 5.75. The van der Waals surface area contributed by atoms with E-state index in [0.717, 1.165) is 36.3 Å². The monoisotopic (exact) mass is 514 g/mol. The van der Waals surface area contributed by atoms with Crippen LogP contribution >= 0.6 is 35.3 Å². The Morgan fingerprint density at radius 3 is 2.64 bits per heavy atom. The van der Waals surface area contributed by atoms with Crippen LogP contribution in [-0.4, -0.2) is 45.2 Å². The molecule has 0 radical (unpaired) electrons. The number of ether oxygens (including phenoxy) is 1. The molecule has 3 rings (SSSR count). The van der Waals surface area contributed by atoms with Gasteiger partial charge in [0.25, 0.3) is 0 Å². The minimum atomic E-state index is 0. The van der Waals surface area contributed by atoms with Crippen LogP contribution in [0.2, 0.25) is 0 Å². The number of likely N-dealkylation sites (N-methyl/N-ethyl adjacent to an activating group) is 1. The van der Waals surface area contributed by atoms with Crippen LogP contribution in [0, 0.1) is 5.92 Å². The SMILES string of the molecule is CN=C(NCc1ccccc1OCC1CC1)NCC(c1cccs1)N(C)C.I. The molecule has 0 amide bonds. The Hall–Kier alpha value is -1.32. The molecule has 1 aromatic heterocycles. The molecule has 0 spiro atoms. The summed E-state index contributed by atoms with van der Waals surface area (Å²) in [5.74, 6) is 2.52. The predicted octanol–water partition coefficient (Wildman–Crippen LogP) is 4.12. The van der Waals surface area contributed by atoms with E-state index in [9.17, 15) is 0 Å². The van der Waals surface area contributed by atoms with E-state index in [-0.39, 0.29) is 24.0 Å². The average Bonchev–Trinajstić information content (AvgIpc) is 3.35. The van der Waals surface area contributed by atoms with Crippen LogP contribution in [0.1, 0.15) is 29.3 Å². The fourth-order valence-electron chi connectivity index (χ4n) is 2.89. The summed E-state index contributed by atoms with van der Waals surface area (Å²) in [4.78, 5) is 7.95. The number of thiophene rings is 1. The highest BCUT2D eigenvalue weighted by atomic mass is 127. The Kier molecular flexibility index (Phi) is 9.53. The summed E-state index contributed by atoms with van der Waals surface area (Å²) >= 11 is 1.79. The minimum absolute atomic E-state index is 0. The van der Waals surface area contributed by atoms with Crippen LogP contribution in [0.25, 0.3) is 0 Å². The lowest BCUT2D eigenvalue weighted by Crippen LogP contribution is -2.41. The molecular weight excluding hydrogens is 483 g/mol. The summed E-state index contributed by atoms with van der Waals surface area (Å²) in [6, 6.07) is 12.8. The molecule has 0 aliphatic heterocycles.